The normalized spacial score (nSPS) is 10.0. The quantitative estimate of drug-likeness (QED) is 0.915. The first kappa shape index (κ1) is 15.1. The number of hydrogen-bond donors (Lipinski definition) is 1. The smallest absolute Gasteiger partial charge is 0.229 e. The summed E-state index contributed by atoms with van der Waals surface area (Å²) in [6.45, 7) is 0. The second-order valence-corrected chi connectivity index (χ2v) is 5.14. The number of benzene rings is 2. The molecule has 3 nitrogen and oxygen atoms in total. The lowest BCUT2D eigenvalue weighted by atomic mass is 10.1. The van der Waals surface area contributed by atoms with Gasteiger partial charge in [-0.1, -0.05) is 22.0 Å². The average Bonchev–Trinajstić information content (AvgIpc) is 2.45. The summed E-state index contributed by atoms with van der Waals surface area (Å²) in [5, 5.41) is 11.5. The molecule has 0 saturated carbocycles. The second kappa shape index (κ2) is 6.46. The van der Waals surface area contributed by atoms with Gasteiger partial charge in [0.25, 0.3) is 0 Å². The fourth-order valence-corrected chi connectivity index (χ4v) is 2.14. The summed E-state index contributed by atoms with van der Waals surface area (Å²) in [5.74, 6) is -2.15. The molecule has 0 spiro atoms. The highest BCUT2D eigenvalue weighted by Gasteiger charge is 2.14. The van der Waals surface area contributed by atoms with Crippen LogP contribution >= 0.6 is 15.9 Å². The van der Waals surface area contributed by atoms with E-state index in [4.69, 9.17) is 5.26 Å². The summed E-state index contributed by atoms with van der Waals surface area (Å²) in [7, 11) is 0. The van der Waals surface area contributed by atoms with E-state index in [2.05, 4.69) is 21.2 Å². The SMILES string of the molecule is N#Cc1cc(Br)ccc1NC(=O)Cc1c(F)cccc1F. The molecule has 106 valence electrons. The Balaban J connectivity index is 2.18. The molecule has 6 heteroatoms. The summed E-state index contributed by atoms with van der Waals surface area (Å²) >= 11 is 3.21. The molecule has 2 aromatic carbocycles. The molecule has 21 heavy (non-hydrogen) atoms. The molecule has 0 atom stereocenters. The predicted octanol–water partition coefficient (Wildman–Crippen LogP) is 3.78. The highest BCUT2D eigenvalue weighted by Crippen LogP contribution is 2.21. The van der Waals surface area contributed by atoms with Gasteiger partial charge in [-0.25, -0.2) is 8.78 Å². The molecular formula is C15H9BrF2N2O. The molecule has 0 aromatic heterocycles. The Morgan fingerprint density at radius 2 is 1.90 bits per heavy atom. The first-order chi connectivity index (χ1) is 10.0. The number of halogens is 3. The summed E-state index contributed by atoms with van der Waals surface area (Å²) in [6, 6.07) is 10.1. The third-order valence-corrected chi connectivity index (χ3v) is 3.27. The van der Waals surface area contributed by atoms with Crippen LogP contribution in [0.15, 0.2) is 40.9 Å². The molecule has 0 aliphatic carbocycles. The Morgan fingerprint density at radius 3 is 2.52 bits per heavy atom. The van der Waals surface area contributed by atoms with Crippen LogP contribution in [0.4, 0.5) is 14.5 Å². The zero-order chi connectivity index (χ0) is 15.4. The molecule has 2 rings (SSSR count). The van der Waals surface area contributed by atoms with Gasteiger partial charge < -0.3 is 5.32 Å². The van der Waals surface area contributed by atoms with Gasteiger partial charge in [-0.3, -0.25) is 4.79 Å². The van der Waals surface area contributed by atoms with Crippen LogP contribution in [0.25, 0.3) is 0 Å². The minimum atomic E-state index is -0.776. The van der Waals surface area contributed by atoms with Gasteiger partial charge in [-0.05, 0) is 30.3 Å². The maximum atomic E-state index is 13.5. The van der Waals surface area contributed by atoms with E-state index >= 15 is 0 Å². The third kappa shape index (κ3) is 3.64. The minimum Gasteiger partial charge on any atom is -0.325 e. The van der Waals surface area contributed by atoms with Crippen molar-refractivity contribution in [3.63, 3.8) is 0 Å². The first-order valence-corrected chi connectivity index (χ1v) is 6.73. The number of nitrogens with zero attached hydrogens (tertiary/aromatic N) is 1. The Hall–Kier alpha value is -2.26. The Bertz CT molecular complexity index is 721. The highest BCUT2D eigenvalue weighted by molar-refractivity contribution is 9.10. The summed E-state index contributed by atoms with van der Waals surface area (Å²) in [4.78, 5) is 11.9. The first-order valence-electron chi connectivity index (χ1n) is 5.93. The van der Waals surface area contributed by atoms with E-state index in [1.807, 2.05) is 6.07 Å². The molecule has 0 saturated heterocycles. The molecule has 0 radical (unpaired) electrons. The lowest BCUT2D eigenvalue weighted by molar-refractivity contribution is -0.115. The fraction of sp³-hybridized carbons (Fsp3) is 0.0667. The number of carbonyl (C=O) groups is 1. The average molecular weight is 351 g/mol. The van der Waals surface area contributed by atoms with E-state index in [-0.39, 0.29) is 11.1 Å². The summed E-state index contributed by atoms with van der Waals surface area (Å²) < 4.78 is 27.6. The lowest BCUT2D eigenvalue weighted by Crippen LogP contribution is -2.17. The zero-order valence-electron chi connectivity index (χ0n) is 10.7. The van der Waals surface area contributed by atoms with Gasteiger partial charge in [-0.2, -0.15) is 5.26 Å². The number of nitriles is 1. The van der Waals surface area contributed by atoms with Crippen molar-refractivity contribution >= 4 is 27.5 Å². The van der Waals surface area contributed by atoms with Crippen molar-refractivity contribution in [2.45, 2.75) is 6.42 Å². The Kier molecular flexibility index (Phi) is 4.66. The number of carbonyl (C=O) groups excluding carboxylic acids is 1. The van der Waals surface area contributed by atoms with Crippen LogP contribution < -0.4 is 5.32 Å². The van der Waals surface area contributed by atoms with Crippen LogP contribution in [-0.4, -0.2) is 5.91 Å². The van der Waals surface area contributed by atoms with Crippen molar-refractivity contribution in [3.05, 3.63) is 63.6 Å². The second-order valence-electron chi connectivity index (χ2n) is 4.23. The van der Waals surface area contributed by atoms with Crippen molar-refractivity contribution in [1.82, 2.24) is 0 Å². The molecular weight excluding hydrogens is 342 g/mol. The molecule has 0 bridgehead atoms. The number of amides is 1. The molecule has 0 aliphatic rings. The van der Waals surface area contributed by atoms with Gasteiger partial charge in [-0.15, -0.1) is 0 Å². The lowest BCUT2D eigenvalue weighted by Gasteiger charge is -2.08. The van der Waals surface area contributed by atoms with Crippen LogP contribution in [0.2, 0.25) is 0 Å². The molecule has 1 amide bonds. The van der Waals surface area contributed by atoms with Crippen molar-refractivity contribution in [3.8, 4) is 6.07 Å². The monoisotopic (exact) mass is 350 g/mol. The maximum Gasteiger partial charge on any atom is 0.229 e. The molecule has 2 aromatic rings. The molecule has 0 aliphatic heterocycles. The minimum absolute atomic E-state index is 0.256. The molecule has 0 unspecified atom stereocenters. The summed E-state index contributed by atoms with van der Waals surface area (Å²) in [5.41, 5.74) is 0.250. The fourth-order valence-electron chi connectivity index (χ4n) is 1.77. The van der Waals surface area contributed by atoms with Gasteiger partial charge in [0.1, 0.15) is 17.7 Å². The Labute approximate surface area is 128 Å². The number of nitrogens with one attached hydrogen (secondary N) is 1. The Morgan fingerprint density at radius 1 is 1.24 bits per heavy atom. The van der Waals surface area contributed by atoms with Crippen LogP contribution in [0.3, 0.4) is 0 Å². The molecule has 0 fully saturated rings. The van der Waals surface area contributed by atoms with Crippen molar-refractivity contribution in [2.75, 3.05) is 5.32 Å². The van der Waals surface area contributed by atoms with Gasteiger partial charge in [0.05, 0.1) is 17.7 Å². The van der Waals surface area contributed by atoms with E-state index in [0.717, 1.165) is 12.1 Å². The molecule has 0 heterocycles. The van der Waals surface area contributed by atoms with E-state index < -0.39 is 24.0 Å². The largest absolute Gasteiger partial charge is 0.325 e. The van der Waals surface area contributed by atoms with Crippen LogP contribution in [0, 0.1) is 23.0 Å². The van der Waals surface area contributed by atoms with Gasteiger partial charge in [0, 0.05) is 10.0 Å². The number of hydrogen-bond acceptors (Lipinski definition) is 2. The van der Waals surface area contributed by atoms with Gasteiger partial charge >= 0.3 is 0 Å². The topological polar surface area (TPSA) is 52.9 Å². The number of anilines is 1. The molecule has 1 N–H and O–H groups in total. The van der Waals surface area contributed by atoms with E-state index in [1.54, 1.807) is 12.1 Å². The zero-order valence-corrected chi connectivity index (χ0v) is 12.2. The van der Waals surface area contributed by atoms with Crippen LogP contribution in [-0.2, 0) is 11.2 Å². The number of rotatable bonds is 3. The van der Waals surface area contributed by atoms with Crippen LogP contribution in [0.5, 0.6) is 0 Å². The van der Waals surface area contributed by atoms with Crippen molar-refractivity contribution in [2.24, 2.45) is 0 Å². The summed E-state index contributed by atoms with van der Waals surface area (Å²) in [6.07, 6.45) is -0.445. The van der Waals surface area contributed by atoms with Gasteiger partial charge in [0.15, 0.2) is 0 Å². The van der Waals surface area contributed by atoms with Gasteiger partial charge in [0.2, 0.25) is 5.91 Å². The highest BCUT2D eigenvalue weighted by atomic mass is 79.9. The van der Waals surface area contributed by atoms with Crippen molar-refractivity contribution in [1.29, 1.82) is 5.26 Å². The maximum absolute atomic E-state index is 13.5. The predicted molar refractivity (Wildman–Crippen MR) is 77.5 cm³/mol. The standard InChI is InChI=1S/C15H9BrF2N2O/c16-10-4-5-14(9(6-10)8-19)20-15(21)7-11-12(17)2-1-3-13(11)18/h1-6H,7H2,(H,20,21). The van der Waals surface area contributed by atoms with E-state index in [9.17, 15) is 13.6 Å². The van der Waals surface area contributed by atoms with Crippen molar-refractivity contribution < 1.29 is 13.6 Å². The third-order valence-electron chi connectivity index (χ3n) is 2.78. The van der Waals surface area contributed by atoms with Crippen LogP contribution in [0.1, 0.15) is 11.1 Å². The van der Waals surface area contributed by atoms with E-state index in [0.29, 0.717) is 10.2 Å². The van der Waals surface area contributed by atoms with E-state index in [1.165, 1.54) is 12.1 Å².